The molecule has 0 aliphatic carbocycles. The Bertz CT molecular complexity index is 978. The zero-order valence-corrected chi connectivity index (χ0v) is 21.5. The van der Waals surface area contributed by atoms with Crippen LogP contribution in [0.4, 0.5) is 5.82 Å². The van der Waals surface area contributed by atoms with Gasteiger partial charge in [0.15, 0.2) is 11.5 Å². The monoisotopic (exact) mass is 472 g/mol. The maximum Gasteiger partial charge on any atom is 0.262 e. The van der Waals surface area contributed by atoms with Gasteiger partial charge in [0, 0.05) is 18.2 Å². The summed E-state index contributed by atoms with van der Waals surface area (Å²) in [6.45, 7) is 5.98. The summed E-state index contributed by atoms with van der Waals surface area (Å²) in [4.78, 5) is 20.5. The average Bonchev–Trinajstić information content (AvgIpc) is 2.80. The maximum atomic E-state index is 12.9. The molecular weight excluding hydrogens is 432 g/mol. The number of nitrogens with zero attached hydrogens (tertiary/aromatic N) is 1. The molecule has 2 rings (SSSR count). The zero-order valence-electron chi connectivity index (χ0n) is 21.5. The van der Waals surface area contributed by atoms with Gasteiger partial charge in [-0.15, -0.1) is 0 Å². The minimum Gasteiger partial charge on any atom is -0.493 e. The summed E-state index contributed by atoms with van der Waals surface area (Å²) < 4.78 is 16.3. The van der Waals surface area contributed by atoms with Crippen LogP contribution in [0.25, 0.3) is 0 Å². The molecule has 0 radical (unpaired) electrons. The fourth-order valence-corrected chi connectivity index (χ4v) is 4.13. The molecule has 2 aromatic rings. The molecule has 1 unspecified atom stereocenters. The molecule has 1 aromatic heterocycles. The van der Waals surface area contributed by atoms with Crippen molar-refractivity contribution >= 4 is 11.5 Å². The number of anilines is 1. The lowest BCUT2D eigenvalue weighted by atomic mass is 10.0. The Morgan fingerprint density at radius 3 is 2.24 bits per heavy atom. The Morgan fingerprint density at radius 2 is 1.71 bits per heavy atom. The van der Waals surface area contributed by atoms with Gasteiger partial charge in [-0.3, -0.25) is 4.79 Å². The summed E-state index contributed by atoms with van der Waals surface area (Å²) >= 11 is 0. The molecule has 0 spiro atoms. The lowest BCUT2D eigenvalue weighted by Gasteiger charge is -2.21. The van der Waals surface area contributed by atoms with Gasteiger partial charge in [-0.1, -0.05) is 46.0 Å². The van der Waals surface area contributed by atoms with Crippen molar-refractivity contribution in [1.82, 2.24) is 9.97 Å². The van der Waals surface area contributed by atoms with E-state index in [1.807, 2.05) is 12.1 Å². The van der Waals surface area contributed by atoms with Crippen molar-refractivity contribution in [2.45, 2.75) is 78.2 Å². The van der Waals surface area contributed by atoms with Crippen molar-refractivity contribution in [3.63, 3.8) is 0 Å². The molecule has 0 amide bonds. The summed E-state index contributed by atoms with van der Waals surface area (Å²) in [5, 5.41) is 11.6. The zero-order chi connectivity index (χ0) is 25.1. The molecule has 1 aromatic carbocycles. The number of aromatic amines is 1. The van der Waals surface area contributed by atoms with Crippen LogP contribution >= 0.6 is 0 Å². The highest BCUT2D eigenvalue weighted by molar-refractivity contribution is 6.00. The highest BCUT2D eigenvalue weighted by Crippen LogP contribution is 2.38. The van der Waals surface area contributed by atoms with Crippen molar-refractivity contribution in [2.24, 2.45) is 0 Å². The molecule has 0 aliphatic heterocycles. The molecule has 0 saturated carbocycles. The molecule has 188 valence electrons. The largest absolute Gasteiger partial charge is 0.493 e. The molecule has 8 heteroatoms. The smallest absolute Gasteiger partial charge is 0.262 e. The Labute approximate surface area is 203 Å². The third-order valence-corrected chi connectivity index (χ3v) is 5.82. The SMILES string of the molecule is CCCCCCC(CCC)Nc1nc(Cc2cc(OC)c(OC)c(OC)c2)[nH]c(=O)c1C(C)=N. The van der Waals surface area contributed by atoms with Gasteiger partial charge in [0.25, 0.3) is 5.56 Å². The predicted molar refractivity (Wildman–Crippen MR) is 137 cm³/mol. The Balaban J connectivity index is 2.39. The van der Waals surface area contributed by atoms with Crippen molar-refractivity contribution in [1.29, 1.82) is 5.41 Å². The molecule has 34 heavy (non-hydrogen) atoms. The summed E-state index contributed by atoms with van der Waals surface area (Å²) in [5.74, 6) is 2.58. The Kier molecular flexibility index (Phi) is 10.9. The van der Waals surface area contributed by atoms with Gasteiger partial charge in [0.1, 0.15) is 17.2 Å². The third-order valence-electron chi connectivity index (χ3n) is 5.82. The molecule has 1 atom stereocenters. The summed E-state index contributed by atoms with van der Waals surface area (Å²) in [7, 11) is 4.70. The quantitative estimate of drug-likeness (QED) is 0.239. The first-order valence-electron chi connectivity index (χ1n) is 12.1. The lowest BCUT2D eigenvalue weighted by Crippen LogP contribution is -2.27. The van der Waals surface area contributed by atoms with Gasteiger partial charge in [0.05, 0.1) is 21.3 Å². The van der Waals surface area contributed by atoms with E-state index in [-0.39, 0.29) is 17.3 Å². The molecular formula is C26H40N4O4. The van der Waals surface area contributed by atoms with Crippen LogP contribution in [0.5, 0.6) is 17.2 Å². The molecule has 0 fully saturated rings. The predicted octanol–water partition coefficient (Wildman–Crippen LogP) is 5.33. The first kappa shape index (κ1) is 27.2. The number of methoxy groups -OCH3 is 3. The second kappa shape index (κ2) is 13.6. The highest BCUT2D eigenvalue weighted by Gasteiger charge is 2.19. The van der Waals surface area contributed by atoms with E-state index in [4.69, 9.17) is 24.6 Å². The second-order valence-corrected chi connectivity index (χ2v) is 8.55. The van der Waals surface area contributed by atoms with Gasteiger partial charge < -0.3 is 29.9 Å². The van der Waals surface area contributed by atoms with Crippen LogP contribution in [0.3, 0.4) is 0 Å². The molecule has 8 nitrogen and oxygen atoms in total. The van der Waals surface area contributed by atoms with Crippen LogP contribution in [0.2, 0.25) is 0 Å². The lowest BCUT2D eigenvalue weighted by molar-refractivity contribution is 0.324. The fourth-order valence-electron chi connectivity index (χ4n) is 4.13. The summed E-state index contributed by atoms with van der Waals surface area (Å²) in [6, 6.07) is 3.90. The van der Waals surface area contributed by atoms with E-state index in [2.05, 4.69) is 24.1 Å². The van der Waals surface area contributed by atoms with Crippen LogP contribution in [0, 0.1) is 5.41 Å². The van der Waals surface area contributed by atoms with Gasteiger partial charge in [-0.25, -0.2) is 4.98 Å². The van der Waals surface area contributed by atoms with Crippen molar-refractivity contribution < 1.29 is 14.2 Å². The fraction of sp³-hybridized carbons (Fsp3) is 0.577. The second-order valence-electron chi connectivity index (χ2n) is 8.55. The minimum absolute atomic E-state index is 0.191. The van der Waals surface area contributed by atoms with Gasteiger partial charge in [-0.2, -0.15) is 0 Å². The number of hydrogen-bond donors (Lipinski definition) is 3. The Hall–Kier alpha value is -3.03. The van der Waals surface area contributed by atoms with E-state index in [0.717, 1.165) is 31.2 Å². The number of H-pyrrole nitrogens is 1. The van der Waals surface area contributed by atoms with Crippen LogP contribution in [-0.2, 0) is 6.42 Å². The molecule has 0 saturated heterocycles. The normalized spacial score (nSPS) is 11.7. The maximum absolute atomic E-state index is 12.9. The van der Waals surface area contributed by atoms with E-state index in [1.165, 1.54) is 19.3 Å². The topological polar surface area (TPSA) is 109 Å². The molecule has 0 aliphatic rings. The number of unbranched alkanes of at least 4 members (excludes halogenated alkanes) is 3. The van der Waals surface area contributed by atoms with Crippen LogP contribution in [0.15, 0.2) is 16.9 Å². The average molecular weight is 473 g/mol. The van der Waals surface area contributed by atoms with Gasteiger partial charge >= 0.3 is 0 Å². The minimum atomic E-state index is -0.311. The van der Waals surface area contributed by atoms with E-state index in [1.54, 1.807) is 28.3 Å². The third kappa shape index (κ3) is 7.23. The number of benzene rings is 1. The number of aromatic nitrogens is 2. The summed E-state index contributed by atoms with van der Waals surface area (Å²) in [6.07, 6.45) is 8.16. The molecule has 0 bridgehead atoms. The van der Waals surface area contributed by atoms with Crippen LogP contribution < -0.4 is 25.1 Å². The number of ether oxygens (including phenoxy) is 3. The van der Waals surface area contributed by atoms with Gasteiger partial charge in [-0.05, 0) is 37.5 Å². The number of rotatable bonds is 15. The van der Waals surface area contributed by atoms with Crippen molar-refractivity contribution in [3.8, 4) is 17.2 Å². The van der Waals surface area contributed by atoms with E-state index in [9.17, 15) is 4.79 Å². The molecule has 1 heterocycles. The van der Waals surface area contributed by atoms with Crippen LogP contribution in [0.1, 0.15) is 82.7 Å². The van der Waals surface area contributed by atoms with Crippen molar-refractivity contribution in [3.05, 3.63) is 39.4 Å². The highest BCUT2D eigenvalue weighted by atomic mass is 16.5. The van der Waals surface area contributed by atoms with Crippen molar-refractivity contribution in [2.75, 3.05) is 26.6 Å². The van der Waals surface area contributed by atoms with E-state index >= 15 is 0 Å². The van der Waals surface area contributed by atoms with E-state index in [0.29, 0.717) is 40.9 Å². The Morgan fingerprint density at radius 1 is 1.03 bits per heavy atom. The first-order chi connectivity index (χ1) is 16.4. The number of nitrogens with one attached hydrogen (secondary N) is 3. The van der Waals surface area contributed by atoms with E-state index < -0.39 is 0 Å². The number of hydrogen-bond acceptors (Lipinski definition) is 7. The van der Waals surface area contributed by atoms with Gasteiger partial charge in [0.2, 0.25) is 5.75 Å². The summed E-state index contributed by atoms with van der Waals surface area (Å²) in [5.41, 5.74) is 1.03. The molecule has 3 N–H and O–H groups in total. The van der Waals surface area contributed by atoms with Crippen LogP contribution in [-0.4, -0.2) is 43.1 Å². The standard InChI is InChI=1S/C26H40N4O4/c1-7-9-10-11-13-19(12-8-2)28-25-23(17(3)27)26(31)30-22(29-25)16-18-14-20(32-4)24(34-6)21(15-18)33-5/h14-15,19,27H,7-13,16H2,1-6H3,(H2,28,29,30,31). The first-order valence-corrected chi connectivity index (χ1v) is 12.1.